The van der Waals surface area contributed by atoms with Crippen LogP contribution in [0.5, 0.6) is 0 Å². The first-order valence-electron chi connectivity index (χ1n) is 4.92. The minimum atomic E-state index is -0.855. The normalized spacial score (nSPS) is 12.9. The number of thiophene rings is 1. The highest BCUT2D eigenvalue weighted by Gasteiger charge is 2.20. The van der Waals surface area contributed by atoms with E-state index in [-0.39, 0.29) is 5.82 Å². The van der Waals surface area contributed by atoms with Crippen molar-refractivity contribution in [1.82, 2.24) is 0 Å². The molecule has 0 saturated carbocycles. The van der Waals surface area contributed by atoms with Gasteiger partial charge in [0.25, 0.3) is 0 Å². The molecule has 0 amide bonds. The number of carbonyl (C=O) groups is 1. The van der Waals surface area contributed by atoms with E-state index in [2.05, 4.69) is 0 Å². The molecule has 0 fully saturated rings. The number of benzene rings is 1. The van der Waals surface area contributed by atoms with E-state index >= 15 is 0 Å². The molecular weight excluding hydrogens is 227 g/mol. The molecule has 0 bridgehead atoms. The van der Waals surface area contributed by atoms with E-state index in [0.29, 0.717) is 0 Å². The van der Waals surface area contributed by atoms with Crippen LogP contribution in [-0.4, -0.2) is 11.1 Å². The van der Waals surface area contributed by atoms with E-state index in [1.54, 1.807) is 13.0 Å². The molecule has 1 aromatic heterocycles. The Labute approximate surface area is 96.3 Å². The first-order valence-corrected chi connectivity index (χ1v) is 5.73. The van der Waals surface area contributed by atoms with E-state index in [9.17, 15) is 9.18 Å². The van der Waals surface area contributed by atoms with Gasteiger partial charge >= 0.3 is 5.97 Å². The minimum Gasteiger partial charge on any atom is -0.481 e. The molecule has 2 nitrogen and oxygen atoms in total. The van der Waals surface area contributed by atoms with E-state index in [4.69, 9.17) is 5.11 Å². The van der Waals surface area contributed by atoms with E-state index < -0.39 is 11.9 Å². The average Bonchev–Trinajstić information content (AvgIpc) is 2.51. The van der Waals surface area contributed by atoms with Gasteiger partial charge < -0.3 is 5.11 Å². The highest BCUT2D eigenvalue weighted by atomic mass is 32.1. The topological polar surface area (TPSA) is 37.3 Å². The van der Waals surface area contributed by atoms with Crippen molar-refractivity contribution in [2.24, 2.45) is 0 Å². The van der Waals surface area contributed by atoms with Crippen LogP contribution in [-0.2, 0) is 4.79 Å². The SMILES string of the molecule is Cc1sc2cc(F)ccc2c1C(C)C(=O)O. The quantitative estimate of drug-likeness (QED) is 0.868. The van der Waals surface area contributed by atoms with E-state index in [1.807, 2.05) is 6.92 Å². The van der Waals surface area contributed by atoms with Gasteiger partial charge in [0.15, 0.2) is 0 Å². The van der Waals surface area contributed by atoms with Gasteiger partial charge in [0.1, 0.15) is 5.82 Å². The second-order valence-corrected chi connectivity index (χ2v) is 5.03. The maximum absolute atomic E-state index is 13.0. The Morgan fingerprint density at radius 2 is 2.19 bits per heavy atom. The van der Waals surface area contributed by atoms with Gasteiger partial charge in [-0.25, -0.2) is 4.39 Å². The summed E-state index contributed by atoms with van der Waals surface area (Å²) >= 11 is 1.44. The Balaban J connectivity index is 2.69. The fourth-order valence-corrected chi connectivity index (χ4v) is 3.06. The second kappa shape index (κ2) is 3.87. The lowest BCUT2D eigenvalue weighted by atomic mass is 9.98. The zero-order valence-corrected chi connectivity index (χ0v) is 9.77. The molecule has 0 aliphatic carbocycles. The van der Waals surface area contributed by atoms with Crippen molar-refractivity contribution in [2.45, 2.75) is 19.8 Å². The first kappa shape index (κ1) is 11.1. The maximum atomic E-state index is 13.0. The van der Waals surface area contributed by atoms with Crippen LogP contribution >= 0.6 is 11.3 Å². The largest absolute Gasteiger partial charge is 0.481 e. The van der Waals surface area contributed by atoms with Crippen LogP contribution in [0.3, 0.4) is 0 Å². The third-order valence-electron chi connectivity index (χ3n) is 2.68. The number of carboxylic acids is 1. The predicted octanol–water partition coefficient (Wildman–Crippen LogP) is 3.54. The zero-order chi connectivity index (χ0) is 11.9. The van der Waals surface area contributed by atoms with Crippen LogP contribution in [0.2, 0.25) is 0 Å². The monoisotopic (exact) mass is 238 g/mol. The number of hydrogen-bond acceptors (Lipinski definition) is 2. The standard InChI is InChI=1S/C12H11FO2S/c1-6(12(14)15)11-7(2)16-10-5-8(13)3-4-9(10)11/h3-6H,1-2H3,(H,14,15). The Hall–Kier alpha value is -1.42. The number of hydrogen-bond donors (Lipinski definition) is 1. The summed E-state index contributed by atoms with van der Waals surface area (Å²) in [6.45, 7) is 3.53. The molecule has 16 heavy (non-hydrogen) atoms. The predicted molar refractivity (Wildman–Crippen MR) is 62.6 cm³/mol. The van der Waals surface area contributed by atoms with Crippen molar-refractivity contribution < 1.29 is 14.3 Å². The highest BCUT2D eigenvalue weighted by Crippen LogP contribution is 2.36. The first-order chi connectivity index (χ1) is 7.50. The number of carboxylic acid groups (broad SMARTS) is 1. The highest BCUT2D eigenvalue weighted by molar-refractivity contribution is 7.19. The van der Waals surface area contributed by atoms with Gasteiger partial charge in [-0.05, 0) is 36.9 Å². The molecule has 0 saturated heterocycles. The Morgan fingerprint density at radius 1 is 1.50 bits per heavy atom. The molecule has 1 heterocycles. The Morgan fingerprint density at radius 3 is 2.81 bits per heavy atom. The summed E-state index contributed by atoms with van der Waals surface area (Å²) in [7, 11) is 0. The summed E-state index contributed by atoms with van der Waals surface area (Å²) in [5.74, 6) is -1.70. The number of halogens is 1. The van der Waals surface area contributed by atoms with Crippen LogP contribution in [0.25, 0.3) is 10.1 Å². The van der Waals surface area contributed by atoms with Gasteiger partial charge in [-0.1, -0.05) is 6.07 Å². The lowest BCUT2D eigenvalue weighted by Gasteiger charge is -2.06. The molecule has 0 aliphatic rings. The Kier molecular flexibility index (Phi) is 2.68. The summed E-state index contributed by atoms with van der Waals surface area (Å²) in [5, 5.41) is 9.87. The average molecular weight is 238 g/mol. The van der Waals surface area contributed by atoms with Gasteiger partial charge in [-0.15, -0.1) is 11.3 Å². The van der Waals surface area contributed by atoms with Crippen LogP contribution in [0.4, 0.5) is 4.39 Å². The van der Waals surface area contributed by atoms with Gasteiger partial charge in [-0.2, -0.15) is 0 Å². The molecule has 2 aromatic rings. The Bertz CT molecular complexity index is 559. The molecule has 1 unspecified atom stereocenters. The van der Waals surface area contributed by atoms with Crippen molar-refractivity contribution in [3.8, 4) is 0 Å². The summed E-state index contributed by atoms with van der Waals surface area (Å²) in [6.07, 6.45) is 0. The fourth-order valence-electron chi connectivity index (χ4n) is 1.87. The second-order valence-electron chi connectivity index (χ2n) is 3.77. The number of rotatable bonds is 2. The zero-order valence-electron chi connectivity index (χ0n) is 8.95. The third-order valence-corrected chi connectivity index (χ3v) is 3.76. The van der Waals surface area contributed by atoms with E-state index in [1.165, 1.54) is 23.5 Å². The molecule has 4 heteroatoms. The number of aliphatic carboxylic acids is 1. The van der Waals surface area contributed by atoms with Crippen molar-refractivity contribution >= 4 is 27.4 Å². The summed E-state index contributed by atoms with van der Waals surface area (Å²) in [4.78, 5) is 11.9. The molecule has 1 N–H and O–H groups in total. The van der Waals surface area contributed by atoms with E-state index in [0.717, 1.165) is 20.5 Å². The number of aryl methyl sites for hydroxylation is 1. The van der Waals surface area contributed by atoms with Crippen LogP contribution in [0, 0.1) is 12.7 Å². The molecule has 0 radical (unpaired) electrons. The van der Waals surface area contributed by atoms with Gasteiger partial charge in [0.05, 0.1) is 5.92 Å². The van der Waals surface area contributed by atoms with Crippen LogP contribution < -0.4 is 0 Å². The van der Waals surface area contributed by atoms with Crippen molar-refractivity contribution in [3.63, 3.8) is 0 Å². The number of fused-ring (bicyclic) bond motifs is 1. The van der Waals surface area contributed by atoms with Crippen molar-refractivity contribution in [2.75, 3.05) is 0 Å². The van der Waals surface area contributed by atoms with Crippen LogP contribution in [0.1, 0.15) is 23.3 Å². The smallest absolute Gasteiger partial charge is 0.310 e. The fraction of sp³-hybridized carbons (Fsp3) is 0.250. The lowest BCUT2D eigenvalue weighted by Crippen LogP contribution is -2.07. The third kappa shape index (κ3) is 1.69. The van der Waals surface area contributed by atoms with Gasteiger partial charge in [-0.3, -0.25) is 4.79 Å². The van der Waals surface area contributed by atoms with Gasteiger partial charge in [0, 0.05) is 9.58 Å². The van der Waals surface area contributed by atoms with Crippen LogP contribution in [0.15, 0.2) is 18.2 Å². The summed E-state index contributed by atoms with van der Waals surface area (Å²) < 4.78 is 13.8. The molecule has 0 spiro atoms. The van der Waals surface area contributed by atoms with Crippen molar-refractivity contribution in [3.05, 3.63) is 34.5 Å². The lowest BCUT2D eigenvalue weighted by molar-refractivity contribution is -0.138. The molecule has 2 rings (SSSR count). The molecule has 84 valence electrons. The van der Waals surface area contributed by atoms with Gasteiger partial charge in [0.2, 0.25) is 0 Å². The molecule has 0 aliphatic heterocycles. The molecule has 1 aromatic carbocycles. The minimum absolute atomic E-state index is 0.289. The van der Waals surface area contributed by atoms with Crippen molar-refractivity contribution in [1.29, 1.82) is 0 Å². The summed E-state index contributed by atoms with van der Waals surface area (Å²) in [5.41, 5.74) is 0.799. The molecule has 1 atom stereocenters. The maximum Gasteiger partial charge on any atom is 0.310 e. The molecular formula is C12H11FO2S. The summed E-state index contributed by atoms with van der Waals surface area (Å²) in [6, 6.07) is 4.47.